The van der Waals surface area contributed by atoms with Gasteiger partial charge in [0.15, 0.2) is 0 Å². The zero-order chi connectivity index (χ0) is 12.1. The predicted molar refractivity (Wildman–Crippen MR) is 70.1 cm³/mol. The van der Waals surface area contributed by atoms with Crippen molar-refractivity contribution in [2.45, 2.75) is 6.92 Å². The lowest BCUT2D eigenvalue weighted by atomic mass is 10.00. The average Bonchev–Trinajstić information content (AvgIpc) is 2.78. The lowest BCUT2D eigenvalue weighted by Crippen LogP contribution is -1.96. The summed E-state index contributed by atoms with van der Waals surface area (Å²) in [5.41, 5.74) is 2.54. The summed E-state index contributed by atoms with van der Waals surface area (Å²) < 4.78 is 10.6. The van der Waals surface area contributed by atoms with Gasteiger partial charge in [-0.2, -0.15) is 0 Å². The van der Waals surface area contributed by atoms with Crippen molar-refractivity contribution in [3.63, 3.8) is 0 Å². The SMILES string of the molecule is C/C=C/C1COC/C1=C\c1ccc(OC)cc1. The van der Waals surface area contributed by atoms with Gasteiger partial charge in [-0.1, -0.05) is 30.4 Å². The quantitative estimate of drug-likeness (QED) is 0.742. The number of allylic oxidation sites excluding steroid dienone is 1. The van der Waals surface area contributed by atoms with Gasteiger partial charge in [-0.25, -0.2) is 0 Å². The van der Waals surface area contributed by atoms with Gasteiger partial charge < -0.3 is 9.47 Å². The minimum Gasteiger partial charge on any atom is -0.497 e. The minimum atomic E-state index is 0.433. The largest absolute Gasteiger partial charge is 0.497 e. The van der Waals surface area contributed by atoms with Crippen LogP contribution in [0.4, 0.5) is 0 Å². The fraction of sp³-hybridized carbons (Fsp3) is 0.333. The second-order valence-electron chi connectivity index (χ2n) is 4.14. The number of rotatable bonds is 3. The first-order valence-electron chi connectivity index (χ1n) is 5.88. The molecule has 0 aromatic heterocycles. The lowest BCUT2D eigenvalue weighted by molar-refractivity contribution is 0.195. The maximum atomic E-state index is 5.50. The Morgan fingerprint density at radius 1 is 1.29 bits per heavy atom. The fourth-order valence-electron chi connectivity index (χ4n) is 1.99. The van der Waals surface area contributed by atoms with E-state index in [1.54, 1.807) is 7.11 Å². The third kappa shape index (κ3) is 2.98. The van der Waals surface area contributed by atoms with Crippen molar-refractivity contribution in [2.24, 2.45) is 5.92 Å². The molecule has 1 atom stereocenters. The van der Waals surface area contributed by atoms with Gasteiger partial charge in [-0.05, 0) is 30.2 Å². The Hall–Kier alpha value is -1.54. The van der Waals surface area contributed by atoms with E-state index >= 15 is 0 Å². The maximum Gasteiger partial charge on any atom is 0.118 e. The summed E-state index contributed by atoms with van der Waals surface area (Å²) in [6, 6.07) is 8.09. The topological polar surface area (TPSA) is 18.5 Å². The molecule has 2 heteroatoms. The zero-order valence-corrected chi connectivity index (χ0v) is 10.3. The van der Waals surface area contributed by atoms with Crippen LogP contribution in [0.2, 0.25) is 0 Å². The Labute approximate surface area is 103 Å². The van der Waals surface area contributed by atoms with E-state index in [0.29, 0.717) is 5.92 Å². The normalized spacial score (nSPS) is 22.5. The van der Waals surface area contributed by atoms with Crippen molar-refractivity contribution in [1.82, 2.24) is 0 Å². The van der Waals surface area contributed by atoms with Crippen molar-refractivity contribution >= 4 is 6.08 Å². The van der Waals surface area contributed by atoms with Gasteiger partial charge in [0.1, 0.15) is 5.75 Å². The smallest absolute Gasteiger partial charge is 0.118 e. The predicted octanol–water partition coefficient (Wildman–Crippen LogP) is 3.30. The first-order chi connectivity index (χ1) is 8.33. The van der Waals surface area contributed by atoms with E-state index in [2.05, 4.69) is 30.4 Å². The molecule has 1 heterocycles. The van der Waals surface area contributed by atoms with E-state index < -0.39 is 0 Å². The summed E-state index contributed by atoms with van der Waals surface area (Å²) in [5, 5.41) is 0. The van der Waals surface area contributed by atoms with Gasteiger partial charge >= 0.3 is 0 Å². The molecule has 1 aliphatic heterocycles. The molecule has 2 nitrogen and oxygen atoms in total. The minimum absolute atomic E-state index is 0.433. The number of ether oxygens (including phenoxy) is 2. The average molecular weight is 230 g/mol. The van der Waals surface area contributed by atoms with Crippen LogP contribution >= 0.6 is 0 Å². The molecule has 0 aliphatic carbocycles. The van der Waals surface area contributed by atoms with E-state index in [9.17, 15) is 0 Å². The number of benzene rings is 1. The third-order valence-electron chi connectivity index (χ3n) is 2.94. The molecule has 0 amide bonds. The van der Waals surface area contributed by atoms with E-state index in [0.717, 1.165) is 19.0 Å². The van der Waals surface area contributed by atoms with E-state index in [-0.39, 0.29) is 0 Å². The Kier molecular flexibility index (Phi) is 3.99. The van der Waals surface area contributed by atoms with Crippen LogP contribution < -0.4 is 4.74 Å². The van der Waals surface area contributed by atoms with Crippen LogP contribution in [0.3, 0.4) is 0 Å². The fourth-order valence-corrected chi connectivity index (χ4v) is 1.99. The van der Waals surface area contributed by atoms with Crippen LogP contribution in [0.1, 0.15) is 12.5 Å². The molecule has 1 saturated heterocycles. The van der Waals surface area contributed by atoms with Gasteiger partial charge in [0.2, 0.25) is 0 Å². The number of hydrogen-bond acceptors (Lipinski definition) is 2. The molecule has 0 saturated carbocycles. The number of methoxy groups -OCH3 is 1. The van der Waals surface area contributed by atoms with Crippen LogP contribution in [0, 0.1) is 5.92 Å². The van der Waals surface area contributed by atoms with Crippen LogP contribution in [-0.2, 0) is 4.74 Å². The van der Waals surface area contributed by atoms with Crippen molar-refractivity contribution < 1.29 is 9.47 Å². The molecule has 1 aliphatic rings. The van der Waals surface area contributed by atoms with Crippen molar-refractivity contribution in [2.75, 3.05) is 20.3 Å². The monoisotopic (exact) mass is 230 g/mol. The summed E-state index contributed by atoms with van der Waals surface area (Å²) in [5.74, 6) is 1.32. The van der Waals surface area contributed by atoms with E-state index in [1.165, 1.54) is 11.1 Å². The molecule has 0 N–H and O–H groups in total. The summed E-state index contributed by atoms with van der Waals surface area (Å²) in [7, 11) is 1.68. The van der Waals surface area contributed by atoms with Gasteiger partial charge in [0.25, 0.3) is 0 Å². The summed E-state index contributed by atoms with van der Waals surface area (Å²) in [6.07, 6.45) is 6.49. The second kappa shape index (κ2) is 5.69. The van der Waals surface area contributed by atoms with Crippen molar-refractivity contribution in [3.05, 3.63) is 47.6 Å². The highest BCUT2D eigenvalue weighted by Gasteiger charge is 2.18. The standard InChI is InChI=1S/C15H18O2/c1-3-4-13-10-17-11-14(13)9-12-5-7-15(16-2)8-6-12/h3-9,13H,10-11H2,1-2H3/b4-3+,14-9+. The highest BCUT2D eigenvalue weighted by molar-refractivity contribution is 5.55. The maximum absolute atomic E-state index is 5.50. The van der Waals surface area contributed by atoms with Crippen LogP contribution in [0.15, 0.2) is 42.0 Å². The molecule has 1 unspecified atom stereocenters. The highest BCUT2D eigenvalue weighted by Crippen LogP contribution is 2.24. The van der Waals surface area contributed by atoms with Crippen LogP contribution in [0.25, 0.3) is 6.08 Å². The van der Waals surface area contributed by atoms with Gasteiger partial charge in [0, 0.05) is 5.92 Å². The Morgan fingerprint density at radius 2 is 2.06 bits per heavy atom. The molecule has 17 heavy (non-hydrogen) atoms. The van der Waals surface area contributed by atoms with Crippen molar-refractivity contribution in [3.8, 4) is 5.75 Å². The second-order valence-corrected chi connectivity index (χ2v) is 4.14. The van der Waals surface area contributed by atoms with Crippen LogP contribution in [0.5, 0.6) is 5.75 Å². The molecule has 0 spiro atoms. The molecular weight excluding hydrogens is 212 g/mol. The molecule has 1 aromatic rings. The van der Waals surface area contributed by atoms with E-state index in [1.807, 2.05) is 19.1 Å². The Bertz CT molecular complexity index is 415. The molecule has 1 aromatic carbocycles. The number of hydrogen-bond donors (Lipinski definition) is 0. The van der Waals surface area contributed by atoms with Crippen LogP contribution in [-0.4, -0.2) is 20.3 Å². The molecular formula is C15H18O2. The molecule has 90 valence electrons. The Morgan fingerprint density at radius 3 is 2.71 bits per heavy atom. The highest BCUT2D eigenvalue weighted by atomic mass is 16.5. The molecule has 2 rings (SSSR count). The van der Waals surface area contributed by atoms with Crippen molar-refractivity contribution in [1.29, 1.82) is 0 Å². The Balaban J connectivity index is 2.16. The lowest BCUT2D eigenvalue weighted by Gasteiger charge is -2.04. The van der Waals surface area contributed by atoms with E-state index in [4.69, 9.17) is 9.47 Å². The first-order valence-corrected chi connectivity index (χ1v) is 5.88. The summed E-state index contributed by atoms with van der Waals surface area (Å²) in [6.45, 7) is 3.58. The van der Waals surface area contributed by atoms with Gasteiger partial charge in [0.05, 0.1) is 20.3 Å². The zero-order valence-electron chi connectivity index (χ0n) is 10.3. The molecule has 1 fully saturated rings. The molecule has 0 bridgehead atoms. The van der Waals surface area contributed by atoms with Gasteiger partial charge in [-0.15, -0.1) is 0 Å². The first kappa shape index (κ1) is 11.9. The van der Waals surface area contributed by atoms with Gasteiger partial charge in [-0.3, -0.25) is 0 Å². The summed E-state index contributed by atoms with van der Waals surface area (Å²) >= 11 is 0. The third-order valence-corrected chi connectivity index (χ3v) is 2.94. The molecule has 0 radical (unpaired) electrons. The summed E-state index contributed by atoms with van der Waals surface area (Å²) in [4.78, 5) is 0.